The molecule has 0 N–H and O–H groups in total. The molecule has 0 fully saturated rings. The van der Waals surface area contributed by atoms with Crippen molar-refractivity contribution in [3.05, 3.63) is 18.1 Å². The molecule has 0 saturated heterocycles. The zero-order valence-electron chi connectivity index (χ0n) is 12.1. The summed E-state index contributed by atoms with van der Waals surface area (Å²) in [6.45, 7) is 6.29. The van der Waals surface area contributed by atoms with Crippen molar-refractivity contribution in [1.29, 1.82) is 0 Å². The number of carbonyl (C=O) groups is 1. The highest BCUT2D eigenvalue weighted by Gasteiger charge is 2.11. The van der Waals surface area contributed by atoms with Crippen molar-refractivity contribution in [2.24, 2.45) is 0 Å². The Balaban J connectivity index is 2.74. The van der Waals surface area contributed by atoms with Gasteiger partial charge >= 0.3 is 5.97 Å². The lowest BCUT2D eigenvalue weighted by Crippen LogP contribution is -2.26. The summed E-state index contributed by atoms with van der Waals surface area (Å²) in [5, 5.41) is 0. The summed E-state index contributed by atoms with van der Waals surface area (Å²) in [5.41, 5.74) is 0.247. The Morgan fingerprint density at radius 2 is 1.79 bits per heavy atom. The van der Waals surface area contributed by atoms with E-state index in [4.69, 9.17) is 0 Å². The minimum atomic E-state index is -0.451. The minimum absolute atomic E-state index is 0.247. The SMILES string of the molecule is CCCCN(CCCC)c1cnc(C(=O)OC)cn1. The third-order valence-corrected chi connectivity index (χ3v) is 2.92. The van der Waals surface area contributed by atoms with Crippen molar-refractivity contribution in [3.63, 3.8) is 0 Å². The van der Waals surface area contributed by atoms with Crippen LogP contribution in [0.2, 0.25) is 0 Å². The summed E-state index contributed by atoms with van der Waals surface area (Å²) in [7, 11) is 1.34. The standard InChI is InChI=1S/C14H23N3O2/c1-4-6-8-17(9-7-5-2)13-11-15-12(10-16-13)14(18)19-3/h10-11H,4-9H2,1-3H3. The van der Waals surface area contributed by atoms with Gasteiger partial charge in [0.1, 0.15) is 5.82 Å². The van der Waals surface area contributed by atoms with Crippen LogP contribution in [0.5, 0.6) is 0 Å². The molecule has 0 unspecified atom stereocenters. The van der Waals surface area contributed by atoms with Crippen molar-refractivity contribution >= 4 is 11.8 Å². The molecule has 1 aromatic rings. The smallest absolute Gasteiger partial charge is 0.358 e. The van der Waals surface area contributed by atoms with Gasteiger partial charge < -0.3 is 9.64 Å². The van der Waals surface area contributed by atoms with Gasteiger partial charge in [0.25, 0.3) is 0 Å². The van der Waals surface area contributed by atoms with Crippen LogP contribution >= 0.6 is 0 Å². The molecule has 0 atom stereocenters. The van der Waals surface area contributed by atoms with Crippen molar-refractivity contribution in [2.45, 2.75) is 39.5 Å². The van der Waals surface area contributed by atoms with Crippen molar-refractivity contribution < 1.29 is 9.53 Å². The largest absolute Gasteiger partial charge is 0.464 e. The Hall–Kier alpha value is -1.65. The molecular formula is C14H23N3O2. The van der Waals surface area contributed by atoms with Crippen LogP contribution in [-0.4, -0.2) is 36.1 Å². The number of esters is 1. The molecule has 0 aromatic carbocycles. The molecule has 0 saturated carbocycles. The lowest BCUT2D eigenvalue weighted by molar-refractivity contribution is 0.0593. The van der Waals surface area contributed by atoms with E-state index in [9.17, 15) is 4.79 Å². The molecule has 5 nitrogen and oxygen atoms in total. The van der Waals surface area contributed by atoms with E-state index in [2.05, 4.69) is 33.5 Å². The second kappa shape index (κ2) is 8.45. The molecule has 1 aromatic heterocycles. The number of nitrogens with zero attached hydrogens (tertiary/aromatic N) is 3. The summed E-state index contributed by atoms with van der Waals surface area (Å²) in [4.78, 5) is 21.9. The first-order valence-corrected chi connectivity index (χ1v) is 6.88. The number of ether oxygens (including phenoxy) is 1. The van der Waals surface area contributed by atoms with Gasteiger partial charge in [-0.05, 0) is 12.8 Å². The van der Waals surface area contributed by atoms with Crippen LogP contribution in [0.25, 0.3) is 0 Å². The van der Waals surface area contributed by atoms with Gasteiger partial charge in [-0.15, -0.1) is 0 Å². The Bertz CT molecular complexity index is 371. The predicted molar refractivity (Wildman–Crippen MR) is 75.4 cm³/mol. The van der Waals surface area contributed by atoms with Gasteiger partial charge in [-0.25, -0.2) is 14.8 Å². The van der Waals surface area contributed by atoms with E-state index in [1.165, 1.54) is 13.3 Å². The Morgan fingerprint density at radius 1 is 1.16 bits per heavy atom. The number of hydrogen-bond donors (Lipinski definition) is 0. The topological polar surface area (TPSA) is 55.3 Å². The average Bonchev–Trinajstić information content (AvgIpc) is 2.47. The highest BCUT2D eigenvalue weighted by Crippen LogP contribution is 2.12. The van der Waals surface area contributed by atoms with Crippen LogP contribution in [-0.2, 0) is 4.74 Å². The van der Waals surface area contributed by atoms with Crippen LogP contribution < -0.4 is 4.90 Å². The molecule has 0 amide bonds. The first-order chi connectivity index (χ1) is 9.22. The Morgan fingerprint density at radius 3 is 2.21 bits per heavy atom. The van der Waals surface area contributed by atoms with E-state index in [1.807, 2.05) is 0 Å². The number of rotatable bonds is 8. The quantitative estimate of drug-likeness (QED) is 0.676. The molecule has 0 aliphatic rings. The summed E-state index contributed by atoms with van der Waals surface area (Å²) in [6, 6.07) is 0. The normalized spacial score (nSPS) is 10.3. The molecule has 0 aliphatic carbocycles. The monoisotopic (exact) mass is 265 g/mol. The van der Waals surface area contributed by atoms with E-state index < -0.39 is 5.97 Å². The number of unbranched alkanes of at least 4 members (excludes halogenated alkanes) is 2. The molecule has 19 heavy (non-hydrogen) atoms. The van der Waals surface area contributed by atoms with Gasteiger partial charge in [0.05, 0.1) is 19.5 Å². The fourth-order valence-corrected chi connectivity index (χ4v) is 1.73. The van der Waals surface area contributed by atoms with Crippen molar-refractivity contribution in [2.75, 3.05) is 25.1 Å². The highest BCUT2D eigenvalue weighted by atomic mass is 16.5. The molecule has 0 aliphatic heterocycles. The molecular weight excluding hydrogens is 242 g/mol. The molecule has 0 bridgehead atoms. The molecule has 1 heterocycles. The summed E-state index contributed by atoms with van der Waals surface area (Å²) in [6.07, 6.45) is 7.69. The lowest BCUT2D eigenvalue weighted by atomic mass is 10.2. The third kappa shape index (κ3) is 4.85. The number of anilines is 1. The van der Waals surface area contributed by atoms with Gasteiger partial charge in [0.2, 0.25) is 0 Å². The molecule has 106 valence electrons. The van der Waals surface area contributed by atoms with Gasteiger partial charge in [0, 0.05) is 13.1 Å². The number of hydrogen-bond acceptors (Lipinski definition) is 5. The third-order valence-electron chi connectivity index (χ3n) is 2.92. The van der Waals surface area contributed by atoms with Gasteiger partial charge in [-0.2, -0.15) is 0 Å². The minimum Gasteiger partial charge on any atom is -0.464 e. The maximum absolute atomic E-state index is 11.3. The summed E-state index contributed by atoms with van der Waals surface area (Å²) < 4.78 is 4.61. The first-order valence-electron chi connectivity index (χ1n) is 6.88. The van der Waals surface area contributed by atoms with Crippen LogP contribution in [0.4, 0.5) is 5.82 Å². The Labute approximate surface area is 115 Å². The van der Waals surface area contributed by atoms with Crippen molar-refractivity contribution in [3.8, 4) is 0 Å². The summed E-state index contributed by atoms with van der Waals surface area (Å²) >= 11 is 0. The second-order valence-electron chi connectivity index (χ2n) is 4.45. The van der Waals surface area contributed by atoms with Crippen LogP contribution in [0.15, 0.2) is 12.4 Å². The van der Waals surface area contributed by atoms with E-state index in [0.717, 1.165) is 44.6 Å². The van der Waals surface area contributed by atoms with Gasteiger partial charge in [-0.1, -0.05) is 26.7 Å². The van der Waals surface area contributed by atoms with Crippen molar-refractivity contribution in [1.82, 2.24) is 9.97 Å². The number of methoxy groups -OCH3 is 1. The van der Waals surface area contributed by atoms with Crippen LogP contribution in [0.3, 0.4) is 0 Å². The zero-order chi connectivity index (χ0) is 14.1. The molecule has 5 heteroatoms. The second-order valence-corrected chi connectivity index (χ2v) is 4.45. The molecule has 0 spiro atoms. The Kier molecular flexibility index (Phi) is 6.85. The number of aromatic nitrogens is 2. The van der Waals surface area contributed by atoms with E-state index in [1.54, 1.807) is 6.20 Å². The van der Waals surface area contributed by atoms with Gasteiger partial charge in [-0.3, -0.25) is 0 Å². The van der Waals surface area contributed by atoms with Crippen LogP contribution in [0, 0.1) is 0 Å². The zero-order valence-corrected chi connectivity index (χ0v) is 12.1. The maximum atomic E-state index is 11.3. The van der Waals surface area contributed by atoms with E-state index in [0.29, 0.717) is 0 Å². The average molecular weight is 265 g/mol. The molecule has 1 rings (SSSR count). The fourth-order valence-electron chi connectivity index (χ4n) is 1.73. The number of carbonyl (C=O) groups excluding carboxylic acids is 1. The lowest BCUT2D eigenvalue weighted by Gasteiger charge is -2.23. The van der Waals surface area contributed by atoms with Gasteiger partial charge in [0.15, 0.2) is 5.69 Å². The maximum Gasteiger partial charge on any atom is 0.358 e. The van der Waals surface area contributed by atoms with E-state index >= 15 is 0 Å². The fraction of sp³-hybridized carbons (Fsp3) is 0.643. The van der Waals surface area contributed by atoms with Crippen LogP contribution in [0.1, 0.15) is 50.0 Å². The first kappa shape index (κ1) is 15.4. The molecule has 0 radical (unpaired) electrons. The highest BCUT2D eigenvalue weighted by molar-refractivity contribution is 5.86. The summed E-state index contributed by atoms with van der Waals surface area (Å²) in [5.74, 6) is 0.377. The van der Waals surface area contributed by atoms with E-state index in [-0.39, 0.29) is 5.69 Å². The predicted octanol–water partition coefficient (Wildman–Crippen LogP) is 2.67.